The van der Waals surface area contributed by atoms with Crippen molar-refractivity contribution in [2.45, 2.75) is 32.9 Å². The van der Waals surface area contributed by atoms with Gasteiger partial charge in [0, 0.05) is 36.3 Å². The maximum absolute atomic E-state index is 13.6. The second kappa shape index (κ2) is 9.52. The number of H-pyrrole nitrogens is 1. The average Bonchev–Trinajstić information content (AvgIpc) is 3.20. The molecule has 0 radical (unpaired) electrons. The van der Waals surface area contributed by atoms with Gasteiger partial charge in [0.15, 0.2) is 0 Å². The highest BCUT2D eigenvalue weighted by atomic mass is 16.2. The van der Waals surface area contributed by atoms with Gasteiger partial charge in [0.25, 0.3) is 0 Å². The minimum Gasteiger partial charge on any atom is -0.361 e. The molecule has 1 heterocycles. The monoisotopic (exact) mass is 425 g/mol. The van der Waals surface area contributed by atoms with E-state index in [0.717, 1.165) is 33.3 Å². The molecule has 0 saturated carbocycles. The van der Waals surface area contributed by atoms with E-state index in [2.05, 4.69) is 10.3 Å². The van der Waals surface area contributed by atoms with Crippen molar-refractivity contribution in [2.24, 2.45) is 0 Å². The van der Waals surface area contributed by atoms with Gasteiger partial charge in [-0.1, -0.05) is 60.7 Å². The fourth-order valence-electron chi connectivity index (χ4n) is 4.02. The number of anilines is 1. The predicted octanol–water partition coefficient (Wildman–Crippen LogP) is 5.46. The molecule has 2 N–H and O–H groups in total. The number of nitrogens with one attached hydrogen (secondary N) is 2. The third-order valence-electron chi connectivity index (χ3n) is 5.69. The van der Waals surface area contributed by atoms with Crippen LogP contribution in [0.3, 0.4) is 0 Å². The number of fused-ring (bicyclic) bond motifs is 1. The number of aromatic amines is 1. The second-order valence-corrected chi connectivity index (χ2v) is 8.03. The van der Waals surface area contributed by atoms with E-state index in [1.165, 1.54) is 6.92 Å². The summed E-state index contributed by atoms with van der Waals surface area (Å²) in [5, 5.41) is 3.90. The Morgan fingerprint density at radius 1 is 0.969 bits per heavy atom. The molecule has 3 aromatic carbocycles. The lowest BCUT2D eigenvalue weighted by Crippen LogP contribution is -2.34. The fraction of sp³-hybridized carbons (Fsp3) is 0.185. The number of hydrogen-bond acceptors (Lipinski definition) is 2. The number of amides is 2. The summed E-state index contributed by atoms with van der Waals surface area (Å²) in [4.78, 5) is 30.2. The molecule has 5 heteroatoms. The van der Waals surface area contributed by atoms with E-state index >= 15 is 0 Å². The molecule has 32 heavy (non-hydrogen) atoms. The van der Waals surface area contributed by atoms with Gasteiger partial charge in [0.1, 0.15) is 0 Å². The largest absolute Gasteiger partial charge is 0.361 e. The van der Waals surface area contributed by atoms with Crippen molar-refractivity contribution < 1.29 is 9.59 Å². The number of carbonyl (C=O) groups is 2. The first-order valence-electron chi connectivity index (χ1n) is 10.8. The maximum atomic E-state index is 13.6. The molecule has 1 aromatic heterocycles. The molecule has 0 saturated heterocycles. The molecule has 0 aliphatic heterocycles. The van der Waals surface area contributed by atoms with Gasteiger partial charge in [0.2, 0.25) is 11.8 Å². The molecule has 0 spiro atoms. The molecular formula is C27H27N3O2. The average molecular weight is 426 g/mol. The minimum absolute atomic E-state index is 0.0519. The number of para-hydroxylation sites is 1. The van der Waals surface area contributed by atoms with Crippen molar-refractivity contribution >= 4 is 28.4 Å². The molecule has 0 aliphatic rings. The summed E-state index contributed by atoms with van der Waals surface area (Å²) in [5.74, 6) is -0.0672. The molecule has 2 amide bonds. The van der Waals surface area contributed by atoms with Crippen molar-refractivity contribution in [3.05, 3.63) is 102 Å². The Bertz CT molecular complexity index is 1230. The lowest BCUT2D eigenvalue weighted by atomic mass is 10.0. The SMILES string of the molecule is CC(=O)Nc1cccc(C(C)N(Cc2ccccc2)C(=O)Cc2c[nH]c3ccccc23)c1. The molecular weight excluding hydrogens is 398 g/mol. The lowest BCUT2D eigenvalue weighted by molar-refractivity contribution is -0.133. The van der Waals surface area contributed by atoms with Crippen LogP contribution in [-0.4, -0.2) is 21.7 Å². The summed E-state index contributed by atoms with van der Waals surface area (Å²) in [6.45, 7) is 4.03. The molecule has 4 rings (SSSR count). The van der Waals surface area contributed by atoms with E-state index in [-0.39, 0.29) is 17.9 Å². The van der Waals surface area contributed by atoms with Crippen LogP contribution in [-0.2, 0) is 22.6 Å². The third kappa shape index (κ3) is 4.89. The molecule has 0 aliphatic carbocycles. The van der Waals surface area contributed by atoms with Crippen molar-refractivity contribution in [3.63, 3.8) is 0 Å². The number of aromatic nitrogens is 1. The van der Waals surface area contributed by atoms with Crippen LogP contribution in [0.15, 0.2) is 85.1 Å². The highest BCUT2D eigenvalue weighted by molar-refractivity contribution is 5.90. The Kier molecular flexibility index (Phi) is 6.36. The van der Waals surface area contributed by atoms with E-state index in [0.29, 0.717) is 13.0 Å². The molecule has 1 atom stereocenters. The van der Waals surface area contributed by atoms with Crippen LogP contribution < -0.4 is 5.32 Å². The van der Waals surface area contributed by atoms with Gasteiger partial charge in [0.05, 0.1) is 12.5 Å². The van der Waals surface area contributed by atoms with Crippen LogP contribution in [0.4, 0.5) is 5.69 Å². The Morgan fingerprint density at radius 3 is 2.50 bits per heavy atom. The van der Waals surface area contributed by atoms with Crippen molar-refractivity contribution in [1.29, 1.82) is 0 Å². The van der Waals surface area contributed by atoms with Crippen LogP contribution >= 0.6 is 0 Å². The lowest BCUT2D eigenvalue weighted by Gasteiger charge is -2.30. The number of nitrogens with zero attached hydrogens (tertiary/aromatic N) is 1. The Morgan fingerprint density at radius 2 is 1.72 bits per heavy atom. The van der Waals surface area contributed by atoms with E-state index < -0.39 is 0 Å². The Labute approximate surface area is 188 Å². The minimum atomic E-state index is -0.165. The van der Waals surface area contributed by atoms with Crippen LogP contribution in [0.2, 0.25) is 0 Å². The normalized spacial score (nSPS) is 11.8. The quantitative estimate of drug-likeness (QED) is 0.413. The fourth-order valence-corrected chi connectivity index (χ4v) is 4.02. The summed E-state index contributed by atoms with van der Waals surface area (Å²) >= 11 is 0. The predicted molar refractivity (Wildman–Crippen MR) is 128 cm³/mol. The topological polar surface area (TPSA) is 65.2 Å². The van der Waals surface area contributed by atoms with Gasteiger partial charge in [-0.3, -0.25) is 9.59 Å². The number of rotatable bonds is 7. The third-order valence-corrected chi connectivity index (χ3v) is 5.69. The number of hydrogen-bond donors (Lipinski definition) is 2. The van der Waals surface area contributed by atoms with E-state index in [1.54, 1.807) is 0 Å². The standard InChI is InChI=1S/C27H27N3O2/c1-19(22-11-8-12-24(15-22)29-20(2)31)30(18-21-9-4-3-5-10-21)27(32)16-23-17-28-26-14-7-6-13-25(23)26/h3-15,17,19,28H,16,18H2,1-2H3,(H,29,31). The van der Waals surface area contributed by atoms with Crippen LogP contribution in [0, 0.1) is 0 Å². The Balaban J connectivity index is 1.63. The first-order chi connectivity index (χ1) is 15.5. The van der Waals surface area contributed by atoms with Gasteiger partial charge < -0.3 is 15.2 Å². The zero-order chi connectivity index (χ0) is 22.5. The van der Waals surface area contributed by atoms with Crippen LogP contribution in [0.25, 0.3) is 10.9 Å². The molecule has 162 valence electrons. The van der Waals surface area contributed by atoms with Crippen LogP contribution in [0.5, 0.6) is 0 Å². The van der Waals surface area contributed by atoms with Crippen molar-refractivity contribution in [1.82, 2.24) is 9.88 Å². The van der Waals surface area contributed by atoms with Crippen molar-refractivity contribution in [3.8, 4) is 0 Å². The molecule has 4 aromatic rings. The summed E-state index contributed by atoms with van der Waals surface area (Å²) in [5.41, 5.74) is 4.79. The number of benzene rings is 3. The number of carbonyl (C=O) groups excluding carboxylic acids is 2. The van der Waals surface area contributed by atoms with E-state index in [1.807, 2.05) is 96.9 Å². The zero-order valence-corrected chi connectivity index (χ0v) is 18.3. The highest BCUT2D eigenvalue weighted by Crippen LogP contribution is 2.27. The van der Waals surface area contributed by atoms with E-state index in [9.17, 15) is 9.59 Å². The summed E-state index contributed by atoms with van der Waals surface area (Å²) in [7, 11) is 0. The van der Waals surface area contributed by atoms with E-state index in [4.69, 9.17) is 0 Å². The van der Waals surface area contributed by atoms with Gasteiger partial charge in [-0.25, -0.2) is 0 Å². The molecule has 0 fully saturated rings. The van der Waals surface area contributed by atoms with Crippen molar-refractivity contribution in [2.75, 3.05) is 5.32 Å². The molecule has 0 bridgehead atoms. The van der Waals surface area contributed by atoms with Crippen LogP contribution in [0.1, 0.15) is 36.6 Å². The first-order valence-corrected chi connectivity index (χ1v) is 10.8. The Hall–Kier alpha value is -3.86. The second-order valence-electron chi connectivity index (χ2n) is 8.03. The van der Waals surface area contributed by atoms with Gasteiger partial charge in [-0.2, -0.15) is 0 Å². The van der Waals surface area contributed by atoms with Gasteiger partial charge >= 0.3 is 0 Å². The van der Waals surface area contributed by atoms with Gasteiger partial charge in [-0.15, -0.1) is 0 Å². The zero-order valence-electron chi connectivity index (χ0n) is 18.3. The summed E-state index contributed by atoms with van der Waals surface area (Å²) in [6, 6.07) is 25.6. The first kappa shape index (κ1) is 21.4. The highest BCUT2D eigenvalue weighted by Gasteiger charge is 2.23. The summed E-state index contributed by atoms with van der Waals surface area (Å²) in [6.07, 6.45) is 2.23. The smallest absolute Gasteiger partial charge is 0.227 e. The molecule has 1 unspecified atom stereocenters. The maximum Gasteiger partial charge on any atom is 0.227 e. The molecule has 5 nitrogen and oxygen atoms in total. The van der Waals surface area contributed by atoms with Gasteiger partial charge in [-0.05, 0) is 41.8 Å². The summed E-state index contributed by atoms with van der Waals surface area (Å²) < 4.78 is 0.